The predicted octanol–water partition coefficient (Wildman–Crippen LogP) is 3.12. The van der Waals surface area contributed by atoms with Gasteiger partial charge in [-0.25, -0.2) is 18.1 Å². The molecule has 0 fully saturated rings. The molecular formula is C16H18N4O2S. The fourth-order valence-corrected chi connectivity index (χ4v) is 3.34. The van der Waals surface area contributed by atoms with Crippen molar-refractivity contribution in [1.82, 2.24) is 14.8 Å². The number of nitrogens with zero attached hydrogens (tertiary/aromatic N) is 3. The number of fused-ring (bicyclic) bond motifs is 1. The number of rotatable bonds is 4. The van der Waals surface area contributed by atoms with Crippen molar-refractivity contribution in [2.75, 3.05) is 4.72 Å². The number of benzene rings is 1. The lowest BCUT2D eigenvalue weighted by Crippen LogP contribution is -2.13. The Morgan fingerprint density at radius 1 is 1.13 bits per heavy atom. The summed E-state index contributed by atoms with van der Waals surface area (Å²) in [7, 11) is -3.63. The normalized spacial score (nSPS) is 12.0. The van der Waals surface area contributed by atoms with Gasteiger partial charge >= 0.3 is 0 Å². The first-order valence-electron chi connectivity index (χ1n) is 7.29. The monoisotopic (exact) mass is 330 g/mol. The summed E-state index contributed by atoms with van der Waals surface area (Å²) in [4.78, 5) is 4.55. The highest BCUT2D eigenvalue weighted by Crippen LogP contribution is 2.21. The molecule has 0 saturated carbocycles. The van der Waals surface area contributed by atoms with Crippen molar-refractivity contribution in [1.29, 1.82) is 0 Å². The molecule has 0 unspecified atom stereocenters. The number of pyridine rings is 1. The number of sulfonamides is 1. The molecule has 0 bridgehead atoms. The van der Waals surface area contributed by atoms with Crippen molar-refractivity contribution in [3.8, 4) is 0 Å². The van der Waals surface area contributed by atoms with Crippen LogP contribution in [0.5, 0.6) is 0 Å². The molecule has 6 nitrogen and oxygen atoms in total. The van der Waals surface area contributed by atoms with Crippen LogP contribution in [0, 0.1) is 6.92 Å². The average Bonchev–Trinajstić information content (AvgIpc) is 2.90. The third-order valence-corrected chi connectivity index (χ3v) is 4.90. The molecule has 120 valence electrons. The highest BCUT2D eigenvalue weighted by Gasteiger charge is 2.15. The van der Waals surface area contributed by atoms with E-state index < -0.39 is 10.0 Å². The molecule has 23 heavy (non-hydrogen) atoms. The summed E-state index contributed by atoms with van der Waals surface area (Å²) in [5.74, 6) is 0. The van der Waals surface area contributed by atoms with Crippen LogP contribution in [0.3, 0.4) is 0 Å². The van der Waals surface area contributed by atoms with E-state index in [1.165, 1.54) is 6.20 Å². The number of aromatic nitrogens is 3. The topological polar surface area (TPSA) is 76.9 Å². The molecule has 0 spiro atoms. The lowest BCUT2D eigenvalue weighted by Gasteiger charge is -2.09. The minimum atomic E-state index is -3.63. The van der Waals surface area contributed by atoms with Gasteiger partial charge in [0, 0.05) is 11.4 Å². The second-order valence-corrected chi connectivity index (χ2v) is 7.42. The first kappa shape index (κ1) is 15.5. The zero-order valence-corrected chi connectivity index (χ0v) is 14.0. The number of aryl methyl sites for hydroxylation is 1. The molecule has 1 N–H and O–H groups in total. The smallest absolute Gasteiger partial charge is 0.261 e. The zero-order valence-electron chi connectivity index (χ0n) is 13.2. The van der Waals surface area contributed by atoms with Crippen molar-refractivity contribution < 1.29 is 8.42 Å². The molecule has 0 radical (unpaired) electrons. The molecule has 7 heteroatoms. The van der Waals surface area contributed by atoms with Crippen molar-refractivity contribution in [3.63, 3.8) is 0 Å². The van der Waals surface area contributed by atoms with Gasteiger partial charge in [0.15, 0.2) is 5.65 Å². The minimum absolute atomic E-state index is 0.190. The minimum Gasteiger partial charge on any atom is -0.278 e. The molecule has 1 aromatic carbocycles. The van der Waals surface area contributed by atoms with E-state index in [9.17, 15) is 8.42 Å². The van der Waals surface area contributed by atoms with Gasteiger partial charge in [-0.15, -0.1) is 0 Å². The Balaban J connectivity index is 1.93. The van der Waals surface area contributed by atoms with Crippen LogP contribution in [0.25, 0.3) is 11.0 Å². The Morgan fingerprint density at radius 2 is 1.83 bits per heavy atom. The molecule has 0 aliphatic heterocycles. The van der Waals surface area contributed by atoms with Crippen LogP contribution in [-0.2, 0) is 10.0 Å². The molecule has 2 heterocycles. The van der Waals surface area contributed by atoms with Crippen LogP contribution in [-0.4, -0.2) is 23.2 Å². The Hall–Kier alpha value is -2.41. The first-order valence-corrected chi connectivity index (χ1v) is 8.78. The summed E-state index contributed by atoms with van der Waals surface area (Å²) in [6.07, 6.45) is 3.20. The van der Waals surface area contributed by atoms with Gasteiger partial charge in [-0.1, -0.05) is 17.7 Å². The Kier molecular flexibility index (Phi) is 3.81. The van der Waals surface area contributed by atoms with Gasteiger partial charge in [0.2, 0.25) is 0 Å². The summed E-state index contributed by atoms with van der Waals surface area (Å²) in [5.41, 5.74) is 2.16. The van der Waals surface area contributed by atoms with Gasteiger partial charge in [-0.2, -0.15) is 5.10 Å². The molecule has 3 rings (SSSR count). The fraction of sp³-hybridized carbons (Fsp3) is 0.250. The second-order valence-electron chi connectivity index (χ2n) is 5.74. The van der Waals surface area contributed by atoms with Crippen molar-refractivity contribution >= 4 is 26.7 Å². The first-order chi connectivity index (χ1) is 10.9. The van der Waals surface area contributed by atoms with Gasteiger partial charge in [-0.05, 0) is 39.0 Å². The zero-order chi connectivity index (χ0) is 16.6. The van der Waals surface area contributed by atoms with Gasteiger partial charge in [0.05, 0.1) is 23.0 Å². The number of anilines is 1. The van der Waals surface area contributed by atoms with Crippen LogP contribution in [0.2, 0.25) is 0 Å². The van der Waals surface area contributed by atoms with Crippen molar-refractivity contribution in [3.05, 3.63) is 48.3 Å². The third kappa shape index (κ3) is 3.05. The van der Waals surface area contributed by atoms with E-state index in [1.807, 2.05) is 20.8 Å². The van der Waals surface area contributed by atoms with Crippen LogP contribution in [0.1, 0.15) is 25.5 Å². The summed E-state index contributed by atoms with van der Waals surface area (Å²) in [6, 6.07) is 8.63. The van der Waals surface area contributed by atoms with Crippen LogP contribution >= 0.6 is 0 Å². The summed E-state index contributed by atoms with van der Waals surface area (Å²) >= 11 is 0. The van der Waals surface area contributed by atoms with Gasteiger partial charge < -0.3 is 0 Å². The molecule has 0 atom stereocenters. The fourth-order valence-electron chi connectivity index (χ4n) is 2.31. The van der Waals surface area contributed by atoms with E-state index in [-0.39, 0.29) is 10.9 Å². The Labute approximate surface area is 135 Å². The third-order valence-electron chi connectivity index (χ3n) is 3.51. The molecule has 0 aliphatic carbocycles. The van der Waals surface area contributed by atoms with E-state index >= 15 is 0 Å². The Bertz CT molecular complexity index is 944. The maximum absolute atomic E-state index is 12.4. The summed E-state index contributed by atoms with van der Waals surface area (Å²) in [6.45, 7) is 5.94. The van der Waals surface area contributed by atoms with E-state index in [0.29, 0.717) is 5.69 Å². The SMILES string of the molecule is Cc1ccc(S(=O)(=O)Nc2cnc3c(cnn3C(C)C)c2)cc1. The molecule has 3 aromatic rings. The number of hydrogen-bond acceptors (Lipinski definition) is 4. The van der Waals surface area contributed by atoms with E-state index in [2.05, 4.69) is 14.8 Å². The molecular weight excluding hydrogens is 312 g/mol. The molecule has 2 aromatic heterocycles. The van der Waals surface area contributed by atoms with Crippen LogP contribution in [0.15, 0.2) is 47.6 Å². The van der Waals surface area contributed by atoms with E-state index in [0.717, 1.165) is 16.6 Å². The highest BCUT2D eigenvalue weighted by atomic mass is 32.2. The predicted molar refractivity (Wildman–Crippen MR) is 89.9 cm³/mol. The lowest BCUT2D eigenvalue weighted by atomic mass is 10.2. The van der Waals surface area contributed by atoms with E-state index in [1.54, 1.807) is 41.2 Å². The van der Waals surface area contributed by atoms with Gasteiger partial charge in [-0.3, -0.25) is 4.72 Å². The number of hydrogen-bond donors (Lipinski definition) is 1. The average molecular weight is 330 g/mol. The molecule has 0 aliphatic rings. The molecule has 0 saturated heterocycles. The molecule has 0 amide bonds. The van der Waals surface area contributed by atoms with Crippen LogP contribution in [0.4, 0.5) is 5.69 Å². The maximum atomic E-state index is 12.4. The second kappa shape index (κ2) is 5.66. The maximum Gasteiger partial charge on any atom is 0.261 e. The standard InChI is InChI=1S/C16H18N4O2S/c1-11(2)20-16-13(9-18-20)8-14(10-17-16)19-23(21,22)15-6-4-12(3)5-7-15/h4-11,19H,1-3H3. The van der Waals surface area contributed by atoms with Crippen molar-refractivity contribution in [2.45, 2.75) is 31.7 Å². The summed E-state index contributed by atoms with van der Waals surface area (Å²) < 4.78 is 29.2. The van der Waals surface area contributed by atoms with E-state index in [4.69, 9.17) is 0 Å². The highest BCUT2D eigenvalue weighted by molar-refractivity contribution is 7.92. The quantitative estimate of drug-likeness (QED) is 0.797. The van der Waals surface area contributed by atoms with Crippen LogP contribution < -0.4 is 4.72 Å². The summed E-state index contributed by atoms with van der Waals surface area (Å²) in [5, 5.41) is 5.07. The number of nitrogens with one attached hydrogen (secondary N) is 1. The largest absolute Gasteiger partial charge is 0.278 e. The lowest BCUT2D eigenvalue weighted by molar-refractivity contribution is 0.546. The Morgan fingerprint density at radius 3 is 2.48 bits per heavy atom. The van der Waals surface area contributed by atoms with Gasteiger partial charge in [0.25, 0.3) is 10.0 Å². The van der Waals surface area contributed by atoms with Gasteiger partial charge in [0.1, 0.15) is 0 Å². The van der Waals surface area contributed by atoms with Crippen molar-refractivity contribution in [2.24, 2.45) is 0 Å².